The number of aromatic amines is 1. The summed E-state index contributed by atoms with van der Waals surface area (Å²) in [5.41, 5.74) is 0.000687. The highest BCUT2D eigenvalue weighted by molar-refractivity contribution is 5.73. The first kappa shape index (κ1) is 35.3. The number of aryl methyl sites for hydroxylation is 3. The van der Waals surface area contributed by atoms with Crippen molar-refractivity contribution in [2.45, 2.75) is 136 Å². The van der Waals surface area contributed by atoms with E-state index in [0.717, 1.165) is 83.0 Å². The number of unbranched alkanes of at least 4 members (excludes halogenated alkanes) is 13. The van der Waals surface area contributed by atoms with E-state index in [-0.39, 0.29) is 18.0 Å². The lowest BCUT2D eigenvalue weighted by Crippen LogP contribution is -2.38. The summed E-state index contributed by atoms with van der Waals surface area (Å²) < 4.78 is 8.75. The number of amides is 1. The molecule has 0 spiro atoms. The lowest BCUT2D eigenvalue weighted by atomic mass is 10.0. The molecule has 0 fully saturated rings. The molecule has 1 atom stereocenters. The molecule has 2 aromatic rings. The third-order valence-electron chi connectivity index (χ3n) is 8.14. The number of ether oxygens (including phenoxy) is 1. The van der Waals surface area contributed by atoms with Gasteiger partial charge in [-0.1, -0.05) is 84.0 Å². The Bertz CT molecular complexity index is 1210. The van der Waals surface area contributed by atoms with Crippen molar-refractivity contribution in [2.24, 2.45) is 14.1 Å². The number of rotatable bonds is 22. The summed E-state index contributed by atoms with van der Waals surface area (Å²) in [7, 11) is 3.43. The summed E-state index contributed by atoms with van der Waals surface area (Å²) in [4.78, 5) is 56.7. The van der Waals surface area contributed by atoms with Gasteiger partial charge in [0.15, 0.2) is 11.2 Å². The molecule has 0 radical (unpaired) electrons. The molecule has 0 aliphatic heterocycles. The molecule has 0 bridgehead atoms. The van der Waals surface area contributed by atoms with Crippen molar-refractivity contribution in [2.75, 3.05) is 13.1 Å². The van der Waals surface area contributed by atoms with E-state index in [4.69, 9.17) is 4.74 Å². The fourth-order valence-corrected chi connectivity index (χ4v) is 5.60. The molecule has 42 heavy (non-hydrogen) atoms. The summed E-state index contributed by atoms with van der Waals surface area (Å²) in [6.45, 7) is 6.48. The molecule has 10 nitrogen and oxygen atoms in total. The summed E-state index contributed by atoms with van der Waals surface area (Å²) in [6, 6.07) is 0. The standard InChI is InChI=1S/C32H55N5O5/c1-6-7-8-9-10-14-17-20-23-37(25(2)38)24-27(42-26(3)39)21-18-15-12-11-13-16-19-22-28-33-30-29(35(28)4)31(40)34-32(41)36(30)5/h27H,6-24H2,1-5H3,(H,34,40,41). The van der Waals surface area contributed by atoms with E-state index >= 15 is 0 Å². The number of esters is 1. The first-order chi connectivity index (χ1) is 20.1. The minimum Gasteiger partial charge on any atom is -0.461 e. The van der Waals surface area contributed by atoms with E-state index in [1.807, 2.05) is 11.9 Å². The number of imidazole rings is 1. The first-order valence-electron chi connectivity index (χ1n) is 16.2. The second-order valence-electron chi connectivity index (χ2n) is 11.8. The fourth-order valence-electron chi connectivity index (χ4n) is 5.60. The van der Waals surface area contributed by atoms with Gasteiger partial charge in [0, 0.05) is 40.9 Å². The van der Waals surface area contributed by atoms with Gasteiger partial charge in [0.1, 0.15) is 11.9 Å². The number of aromatic nitrogens is 4. The third kappa shape index (κ3) is 12.1. The van der Waals surface area contributed by atoms with Crippen LogP contribution in [0.15, 0.2) is 9.59 Å². The number of H-pyrrole nitrogens is 1. The van der Waals surface area contributed by atoms with Gasteiger partial charge in [-0.25, -0.2) is 9.78 Å². The van der Waals surface area contributed by atoms with E-state index in [9.17, 15) is 19.2 Å². The van der Waals surface area contributed by atoms with Crippen LogP contribution in [0.5, 0.6) is 0 Å². The molecule has 0 aromatic carbocycles. The first-order valence-corrected chi connectivity index (χ1v) is 16.2. The van der Waals surface area contributed by atoms with Crippen molar-refractivity contribution in [3.63, 3.8) is 0 Å². The van der Waals surface area contributed by atoms with Crippen LogP contribution in [0.2, 0.25) is 0 Å². The smallest absolute Gasteiger partial charge is 0.329 e. The summed E-state index contributed by atoms with van der Waals surface area (Å²) in [5, 5.41) is 0. The minimum absolute atomic E-state index is 0.0459. The van der Waals surface area contributed by atoms with Crippen LogP contribution in [0.4, 0.5) is 0 Å². The molecule has 2 rings (SSSR count). The van der Waals surface area contributed by atoms with Crippen LogP contribution in [0, 0.1) is 0 Å². The zero-order valence-electron chi connectivity index (χ0n) is 26.8. The average Bonchev–Trinajstić information content (AvgIpc) is 3.27. The van der Waals surface area contributed by atoms with Gasteiger partial charge in [-0.3, -0.25) is 23.9 Å². The second-order valence-corrected chi connectivity index (χ2v) is 11.8. The maximum atomic E-state index is 12.3. The van der Waals surface area contributed by atoms with Gasteiger partial charge in [-0.05, 0) is 25.7 Å². The summed E-state index contributed by atoms with van der Waals surface area (Å²) in [5.74, 6) is 0.572. The molecule has 2 heterocycles. The SMILES string of the molecule is CCCCCCCCCCN(CC(CCCCCCCCCc1nc2c(c(=O)[nH]c(=O)n2C)n1C)OC(C)=O)C(C)=O. The number of hydrogen-bond acceptors (Lipinski definition) is 6. The maximum Gasteiger partial charge on any atom is 0.329 e. The van der Waals surface area contributed by atoms with Crippen molar-refractivity contribution in [3.05, 3.63) is 26.7 Å². The Morgan fingerprint density at radius 1 is 0.833 bits per heavy atom. The normalized spacial score (nSPS) is 12.1. The third-order valence-corrected chi connectivity index (χ3v) is 8.14. The lowest BCUT2D eigenvalue weighted by Gasteiger charge is -2.26. The average molecular weight is 590 g/mol. The number of carbonyl (C=O) groups is 2. The Balaban J connectivity index is 1.65. The molecule has 0 saturated heterocycles. The Hall–Kier alpha value is -2.91. The topological polar surface area (TPSA) is 119 Å². The number of hydrogen-bond donors (Lipinski definition) is 1. The van der Waals surface area contributed by atoms with Gasteiger partial charge in [0.25, 0.3) is 5.56 Å². The number of fused-ring (bicyclic) bond motifs is 1. The molecule has 0 aliphatic carbocycles. The molecule has 0 saturated carbocycles. The predicted octanol–water partition coefficient (Wildman–Crippen LogP) is 5.54. The second kappa shape index (κ2) is 19.3. The van der Waals surface area contributed by atoms with Crippen molar-refractivity contribution < 1.29 is 14.3 Å². The molecule has 1 amide bonds. The molecule has 2 aromatic heterocycles. The zero-order valence-corrected chi connectivity index (χ0v) is 26.8. The van der Waals surface area contributed by atoms with E-state index in [1.165, 1.54) is 50.0 Å². The van der Waals surface area contributed by atoms with Crippen LogP contribution < -0.4 is 11.2 Å². The quantitative estimate of drug-likeness (QED) is 0.142. The van der Waals surface area contributed by atoms with Gasteiger partial charge in [-0.2, -0.15) is 0 Å². The minimum atomic E-state index is -0.452. The van der Waals surface area contributed by atoms with Gasteiger partial charge >= 0.3 is 11.7 Å². The van der Waals surface area contributed by atoms with Crippen LogP contribution in [-0.2, 0) is 34.8 Å². The highest BCUT2D eigenvalue weighted by Gasteiger charge is 2.19. The Labute approximate surface area is 251 Å². The maximum absolute atomic E-state index is 12.3. The fraction of sp³-hybridized carbons (Fsp3) is 0.781. The summed E-state index contributed by atoms with van der Waals surface area (Å²) in [6.07, 6.45) is 18.5. The predicted molar refractivity (Wildman–Crippen MR) is 168 cm³/mol. The molecule has 10 heteroatoms. The Morgan fingerprint density at radius 3 is 2.00 bits per heavy atom. The van der Waals surface area contributed by atoms with Crippen molar-refractivity contribution in [1.29, 1.82) is 0 Å². The van der Waals surface area contributed by atoms with Crippen LogP contribution in [0.1, 0.15) is 129 Å². The van der Waals surface area contributed by atoms with Gasteiger partial charge < -0.3 is 14.2 Å². The molecular formula is C32H55N5O5. The lowest BCUT2D eigenvalue weighted by molar-refractivity contribution is -0.149. The van der Waals surface area contributed by atoms with Gasteiger partial charge in [0.2, 0.25) is 5.91 Å². The largest absolute Gasteiger partial charge is 0.461 e. The van der Waals surface area contributed by atoms with Gasteiger partial charge in [-0.15, -0.1) is 0 Å². The van der Waals surface area contributed by atoms with E-state index in [1.54, 1.807) is 18.5 Å². The molecule has 1 unspecified atom stereocenters. The van der Waals surface area contributed by atoms with Gasteiger partial charge in [0.05, 0.1) is 6.54 Å². The molecule has 1 N–H and O–H groups in total. The molecule has 238 valence electrons. The van der Waals surface area contributed by atoms with E-state index in [0.29, 0.717) is 17.7 Å². The zero-order chi connectivity index (χ0) is 30.9. The molecular weight excluding hydrogens is 534 g/mol. The highest BCUT2D eigenvalue weighted by Crippen LogP contribution is 2.16. The van der Waals surface area contributed by atoms with Crippen molar-refractivity contribution in [1.82, 2.24) is 24.0 Å². The van der Waals surface area contributed by atoms with E-state index < -0.39 is 11.2 Å². The number of nitrogens with zero attached hydrogens (tertiary/aromatic N) is 4. The summed E-state index contributed by atoms with van der Waals surface area (Å²) >= 11 is 0. The highest BCUT2D eigenvalue weighted by atomic mass is 16.5. The Kier molecular flexibility index (Phi) is 16.2. The van der Waals surface area contributed by atoms with Crippen molar-refractivity contribution >= 4 is 23.0 Å². The van der Waals surface area contributed by atoms with Crippen molar-refractivity contribution in [3.8, 4) is 0 Å². The molecule has 0 aliphatic rings. The Morgan fingerprint density at radius 2 is 1.40 bits per heavy atom. The van der Waals surface area contributed by atoms with Crippen LogP contribution >= 0.6 is 0 Å². The number of carbonyl (C=O) groups excluding carboxylic acids is 2. The monoisotopic (exact) mass is 589 g/mol. The van der Waals surface area contributed by atoms with Crippen LogP contribution in [0.25, 0.3) is 11.2 Å². The van der Waals surface area contributed by atoms with E-state index in [2.05, 4.69) is 16.9 Å². The van der Waals surface area contributed by atoms with Crippen LogP contribution in [-0.4, -0.2) is 55.1 Å². The van der Waals surface area contributed by atoms with Crippen LogP contribution in [0.3, 0.4) is 0 Å². The number of nitrogens with one attached hydrogen (secondary N) is 1.